The Labute approximate surface area is 129 Å². The lowest BCUT2D eigenvalue weighted by molar-refractivity contribution is -0.128. The number of benzene rings is 1. The van der Waals surface area contributed by atoms with Crippen LogP contribution in [0.15, 0.2) is 18.2 Å². The molecule has 3 N–H and O–H groups in total. The van der Waals surface area contributed by atoms with Crippen LogP contribution in [0.4, 0.5) is 4.39 Å². The molecule has 0 saturated carbocycles. The summed E-state index contributed by atoms with van der Waals surface area (Å²) in [6, 6.07) is 4.37. The number of carbonyl (C=O) groups excluding carboxylic acids is 1. The average molecular weight is 312 g/mol. The Morgan fingerprint density at radius 2 is 2.05 bits per heavy atom. The average Bonchev–Trinajstić information content (AvgIpc) is 2.43. The van der Waals surface area contributed by atoms with Gasteiger partial charge in [0.25, 0.3) is 5.91 Å². The number of thiocarbonyl (C=S) groups is 1. The Morgan fingerprint density at radius 3 is 2.57 bits per heavy atom. The third kappa shape index (κ3) is 4.67. The van der Waals surface area contributed by atoms with E-state index in [1.54, 1.807) is 13.0 Å². The highest BCUT2D eigenvalue weighted by molar-refractivity contribution is 7.80. The van der Waals surface area contributed by atoms with Crippen LogP contribution >= 0.6 is 12.2 Å². The number of nitrogens with two attached hydrogens (primary N) is 1. The van der Waals surface area contributed by atoms with Crippen molar-refractivity contribution in [2.45, 2.75) is 45.8 Å². The lowest BCUT2D eigenvalue weighted by Crippen LogP contribution is -2.42. The summed E-state index contributed by atoms with van der Waals surface area (Å²) in [6.07, 6.45) is 0.917. The van der Waals surface area contributed by atoms with E-state index in [-0.39, 0.29) is 28.3 Å². The zero-order valence-electron chi connectivity index (χ0n) is 12.5. The minimum Gasteiger partial charge on any atom is -0.480 e. The van der Waals surface area contributed by atoms with Crippen LogP contribution in [0.3, 0.4) is 0 Å². The van der Waals surface area contributed by atoms with Gasteiger partial charge in [0.05, 0.1) is 5.56 Å². The van der Waals surface area contributed by atoms with E-state index in [2.05, 4.69) is 5.32 Å². The number of halogens is 1. The van der Waals surface area contributed by atoms with Crippen LogP contribution in [0.1, 0.15) is 39.2 Å². The van der Waals surface area contributed by atoms with Crippen LogP contribution in [0.25, 0.3) is 0 Å². The summed E-state index contributed by atoms with van der Waals surface area (Å²) < 4.78 is 19.2. The largest absolute Gasteiger partial charge is 0.480 e. The summed E-state index contributed by atoms with van der Waals surface area (Å²) in [5.74, 6) is -0.635. The maximum atomic E-state index is 13.7. The summed E-state index contributed by atoms with van der Waals surface area (Å²) in [5.41, 5.74) is 5.52. The van der Waals surface area contributed by atoms with Gasteiger partial charge < -0.3 is 15.8 Å². The molecule has 4 nitrogen and oxygen atoms in total. The molecule has 0 heterocycles. The third-order valence-electron chi connectivity index (χ3n) is 3.23. The number of rotatable bonds is 7. The molecule has 6 heteroatoms. The monoisotopic (exact) mass is 312 g/mol. The van der Waals surface area contributed by atoms with Crippen molar-refractivity contribution in [1.29, 1.82) is 0 Å². The molecular formula is C15H21FN2O2S. The fourth-order valence-corrected chi connectivity index (χ4v) is 2.10. The molecule has 0 radical (unpaired) electrons. The van der Waals surface area contributed by atoms with Crippen molar-refractivity contribution in [2.75, 3.05) is 0 Å². The summed E-state index contributed by atoms with van der Waals surface area (Å²) in [7, 11) is 0. The standard InChI is InChI=1S/C15H21FN2O2S/c1-4-10(5-2)18-15(19)9(3)20-12-8-6-7-11(16)13(12)14(17)21/h6-10H,4-5H2,1-3H3,(H2,17,21)(H,18,19). The van der Waals surface area contributed by atoms with E-state index in [0.717, 1.165) is 12.8 Å². The van der Waals surface area contributed by atoms with Gasteiger partial charge in [-0.3, -0.25) is 4.79 Å². The molecule has 1 aromatic carbocycles. The first kappa shape index (κ1) is 17.4. The molecule has 0 spiro atoms. The van der Waals surface area contributed by atoms with Crippen molar-refractivity contribution in [3.8, 4) is 5.75 Å². The molecule has 1 unspecified atom stereocenters. The molecule has 1 aromatic rings. The molecular weight excluding hydrogens is 291 g/mol. The summed E-state index contributed by atoms with van der Waals surface area (Å²) in [5, 5.41) is 2.88. The van der Waals surface area contributed by atoms with Crippen molar-refractivity contribution >= 4 is 23.1 Å². The Balaban J connectivity index is 2.84. The predicted molar refractivity (Wildman–Crippen MR) is 84.9 cm³/mol. The van der Waals surface area contributed by atoms with Gasteiger partial charge in [0.1, 0.15) is 16.6 Å². The van der Waals surface area contributed by atoms with Gasteiger partial charge in [0, 0.05) is 6.04 Å². The number of amides is 1. The molecule has 1 amide bonds. The molecule has 21 heavy (non-hydrogen) atoms. The van der Waals surface area contributed by atoms with Crippen LogP contribution in [-0.4, -0.2) is 23.0 Å². The molecule has 0 bridgehead atoms. The van der Waals surface area contributed by atoms with Crippen molar-refractivity contribution in [3.05, 3.63) is 29.6 Å². The Hall–Kier alpha value is -1.69. The first-order valence-corrected chi connectivity index (χ1v) is 7.36. The molecule has 1 rings (SSSR count). The molecule has 1 atom stereocenters. The van der Waals surface area contributed by atoms with E-state index in [1.165, 1.54) is 12.1 Å². The van der Waals surface area contributed by atoms with Crippen LogP contribution in [-0.2, 0) is 4.79 Å². The van der Waals surface area contributed by atoms with Gasteiger partial charge in [-0.05, 0) is 31.9 Å². The fraction of sp³-hybridized carbons (Fsp3) is 0.467. The number of ether oxygens (including phenoxy) is 1. The highest BCUT2D eigenvalue weighted by Crippen LogP contribution is 2.22. The van der Waals surface area contributed by atoms with Gasteiger partial charge in [-0.25, -0.2) is 4.39 Å². The van der Waals surface area contributed by atoms with Gasteiger partial charge in [-0.1, -0.05) is 32.1 Å². The van der Waals surface area contributed by atoms with Crippen molar-refractivity contribution in [1.82, 2.24) is 5.32 Å². The highest BCUT2D eigenvalue weighted by atomic mass is 32.1. The third-order valence-corrected chi connectivity index (χ3v) is 3.43. The summed E-state index contributed by atoms with van der Waals surface area (Å²) in [6.45, 7) is 5.60. The highest BCUT2D eigenvalue weighted by Gasteiger charge is 2.20. The van der Waals surface area contributed by atoms with Gasteiger partial charge in [0.2, 0.25) is 0 Å². The second kappa shape index (κ2) is 7.93. The molecule has 0 aliphatic carbocycles. The van der Waals surface area contributed by atoms with Crippen molar-refractivity contribution < 1.29 is 13.9 Å². The topological polar surface area (TPSA) is 64.3 Å². The lowest BCUT2D eigenvalue weighted by Gasteiger charge is -2.20. The molecule has 0 aliphatic heterocycles. The first-order chi connectivity index (χ1) is 9.90. The number of hydrogen-bond acceptors (Lipinski definition) is 3. The van der Waals surface area contributed by atoms with E-state index >= 15 is 0 Å². The fourth-order valence-electron chi connectivity index (χ4n) is 1.90. The summed E-state index contributed by atoms with van der Waals surface area (Å²) in [4.78, 5) is 11.9. The normalized spacial score (nSPS) is 12.0. The Kier molecular flexibility index (Phi) is 6.55. The quantitative estimate of drug-likeness (QED) is 0.759. The van der Waals surface area contributed by atoms with E-state index < -0.39 is 11.9 Å². The maximum Gasteiger partial charge on any atom is 0.260 e. The predicted octanol–water partition coefficient (Wildman–Crippen LogP) is 2.53. The smallest absolute Gasteiger partial charge is 0.260 e. The molecule has 0 saturated heterocycles. The molecule has 116 valence electrons. The van der Waals surface area contributed by atoms with Gasteiger partial charge in [-0.2, -0.15) is 0 Å². The minimum atomic E-state index is -0.763. The second-order valence-electron chi connectivity index (χ2n) is 4.76. The van der Waals surface area contributed by atoms with Crippen LogP contribution in [0, 0.1) is 5.82 Å². The number of hydrogen-bond donors (Lipinski definition) is 2. The Morgan fingerprint density at radius 1 is 1.43 bits per heavy atom. The number of carbonyl (C=O) groups is 1. The van der Waals surface area contributed by atoms with E-state index in [0.29, 0.717) is 0 Å². The zero-order valence-corrected chi connectivity index (χ0v) is 13.3. The molecule has 0 fully saturated rings. The van der Waals surface area contributed by atoms with Crippen LogP contribution < -0.4 is 15.8 Å². The lowest BCUT2D eigenvalue weighted by atomic mass is 10.1. The van der Waals surface area contributed by atoms with Gasteiger partial charge in [0.15, 0.2) is 6.10 Å². The number of nitrogens with one attached hydrogen (secondary N) is 1. The zero-order chi connectivity index (χ0) is 16.0. The van der Waals surface area contributed by atoms with Crippen molar-refractivity contribution in [2.24, 2.45) is 5.73 Å². The second-order valence-corrected chi connectivity index (χ2v) is 5.20. The van der Waals surface area contributed by atoms with E-state index in [1.807, 2.05) is 13.8 Å². The van der Waals surface area contributed by atoms with Gasteiger partial charge in [-0.15, -0.1) is 0 Å². The maximum absolute atomic E-state index is 13.7. The molecule has 0 aliphatic rings. The SMILES string of the molecule is CCC(CC)NC(=O)C(C)Oc1cccc(F)c1C(N)=S. The minimum absolute atomic E-state index is 0.0229. The Bertz CT molecular complexity index is 518. The first-order valence-electron chi connectivity index (χ1n) is 6.96. The van der Waals surface area contributed by atoms with E-state index in [9.17, 15) is 9.18 Å². The van der Waals surface area contributed by atoms with Crippen molar-refractivity contribution in [3.63, 3.8) is 0 Å². The van der Waals surface area contributed by atoms with Crippen LogP contribution in [0.5, 0.6) is 5.75 Å². The van der Waals surface area contributed by atoms with E-state index in [4.69, 9.17) is 22.7 Å². The summed E-state index contributed by atoms with van der Waals surface area (Å²) >= 11 is 4.82. The van der Waals surface area contributed by atoms with Crippen LogP contribution in [0.2, 0.25) is 0 Å². The van der Waals surface area contributed by atoms with Gasteiger partial charge >= 0.3 is 0 Å². The molecule has 0 aromatic heterocycles.